The molecule has 1 aliphatic rings. The number of hydrogen-bond acceptors (Lipinski definition) is 3. The Morgan fingerprint density at radius 2 is 2.15 bits per heavy atom. The number of nitrogens with zero attached hydrogens (tertiary/aromatic N) is 1. The quantitative estimate of drug-likeness (QED) is 0.943. The molecule has 0 saturated carbocycles. The van der Waals surface area contributed by atoms with Gasteiger partial charge in [0.25, 0.3) is 5.56 Å². The second kappa shape index (κ2) is 5.19. The molecule has 2 heterocycles. The van der Waals surface area contributed by atoms with Crippen molar-refractivity contribution in [3.63, 3.8) is 0 Å². The first-order valence-corrected chi connectivity index (χ1v) is 8.03. The van der Waals surface area contributed by atoms with E-state index in [0.717, 1.165) is 29.7 Å². The molecule has 2 N–H and O–H groups in total. The molecule has 3 rings (SSSR count). The molecule has 0 radical (unpaired) electrons. The highest BCUT2D eigenvalue weighted by atomic mass is 32.1. The maximum absolute atomic E-state index is 12.8. The highest BCUT2D eigenvalue weighted by Gasteiger charge is 2.23. The van der Waals surface area contributed by atoms with Crippen LogP contribution in [0.25, 0.3) is 0 Å². The summed E-state index contributed by atoms with van der Waals surface area (Å²) in [5, 5.41) is 2.00. The molecule has 2 aromatic heterocycles. The Bertz CT molecular complexity index is 671. The molecule has 0 aliphatic heterocycles. The fourth-order valence-corrected chi connectivity index (χ4v) is 3.83. The normalized spacial score (nSPS) is 15.6. The van der Waals surface area contributed by atoms with E-state index in [1.54, 1.807) is 11.3 Å². The van der Waals surface area contributed by atoms with Gasteiger partial charge in [0.15, 0.2) is 0 Å². The van der Waals surface area contributed by atoms with Crippen molar-refractivity contribution >= 4 is 11.3 Å². The second-order valence-electron chi connectivity index (χ2n) is 5.69. The van der Waals surface area contributed by atoms with Crippen LogP contribution in [0.5, 0.6) is 0 Å². The first-order chi connectivity index (χ1) is 9.59. The predicted molar refractivity (Wildman–Crippen MR) is 83.5 cm³/mol. The van der Waals surface area contributed by atoms with E-state index in [-0.39, 0.29) is 17.6 Å². The average molecular weight is 288 g/mol. The standard InChI is InChI=1S/C16H20N2OS/c1-10(2)18-13-6-3-5-11(13)9-12(16(18)19)15(17)14-7-4-8-20-14/h4,7-10,15H,3,5-6,17H2,1-2H3. The molecule has 4 heteroatoms. The van der Waals surface area contributed by atoms with Gasteiger partial charge in [0, 0.05) is 22.2 Å². The molecule has 0 saturated heterocycles. The van der Waals surface area contributed by atoms with E-state index in [1.165, 1.54) is 11.3 Å². The van der Waals surface area contributed by atoms with Crippen LogP contribution in [-0.4, -0.2) is 4.57 Å². The molecule has 0 amide bonds. The van der Waals surface area contributed by atoms with Gasteiger partial charge < -0.3 is 10.3 Å². The predicted octanol–water partition coefficient (Wildman–Crippen LogP) is 3.03. The van der Waals surface area contributed by atoms with Crippen molar-refractivity contribution < 1.29 is 0 Å². The Morgan fingerprint density at radius 1 is 1.35 bits per heavy atom. The molecule has 1 unspecified atom stereocenters. The number of nitrogens with two attached hydrogens (primary N) is 1. The van der Waals surface area contributed by atoms with Crippen LogP contribution in [0.2, 0.25) is 0 Å². The summed E-state index contributed by atoms with van der Waals surface area (Å²) < 4.78 is 1.95. The van der Waals surface area contributed by atoms with E-state index in [2.05, 4.69) is 13.8 Å². The fraction of sp³-hybridized carbons (Fsp3) is 0.438. The van der Waals surface area contributed by atoms with E-state index < -0.39 is 0 Å². The van der Waals surface area contributed by atoms with Gasteiger partial charge in [0.2, 0.25) is 0 Å². The maximum atomic E-state index is 12.8. The molecular weight excluding hydrogens is 268 g/mol. The number of aryl methyl sites for hydroxylation is 1. The Labute approximate surface area is 123 Å². The van der Waals surface area contributed by atoms with Crippen LogP contribution in [0.1, 0.15) is 54.0 Å². The van der Waals surface area contributed by atoms with Crippen molar-refractivity contribution in [3.8, 4) is 0 Å². The van der Waals surface area contributed by atoms with E-state index in [1.807, 2.05) is 28.1 Å². The SMILES string of the molecule is CC(C)n1c2c(cc(C(N)c3cccs3)c1=O)CCC2. The lowest BCUT2D eigenvalue weighted by Gasteiger charge is -2.20. The Kier molecular flexibility index (Phi) is 3.52. The van der Waals surface area contributed by atoms with Gasteiger partial charge in [-0.2, -0.15) is 0 Å². The third-order valence-electron chi connectivity index (χ3n) is 4.02. The molecule has 1 aliphatic carbocycles. The zero-order valence-corrected chi connectivity index (χ0v) is 12.7. The van der Waals surface area contributed by atoms with Gasteiger partial charge in [-0.05, 0) is 56.2 Å². The van der Waals surface area contributed by atoms with Crippen molar-refractivity contribution in [2.45, 2.75) is 45.2 Å². The molecule has 1 atom stereocenters. The monoisotopic (exact) mass is 288 g/mol. The minimum Gasteiger partial charge on any atom is -0.319 e. The third-order valence-corrected chi connectivity index (χ3v) is 4.97. The highest BCUT2D eigenvalue weighted by Crippen LogP contribution is 2.28. The largest absolute Gasteiger partial charge is 0.319 e. The topological polar surface area (TPSA) is 48.0 Å². The van der Waals surface area contributed by atoms with Crippen molar-refractivity contribution in [2.75, 3.05) is 0 Å². The van der Waals surface area contributed by atoms with Crippen molar-refractivity contribution in [3.05, 3.63) is 55.6 Å². The van der Waals surface area contributed by atoms with Crippen LogP contribution in [0.15, 0.2) is 28.4 Å². The van der Waals surface area contributed by atoms with Gasteiger partial charge in [-0.3, -0.25) is 4.79 Å². The molecule has 0 spiro atoms. The van der Waals surface area contributed by atoms with E-state index in [4.69, 9.17) is 5.73 Å². The van der Waals surface area contributed by atoms with Crippen molar-refractivity contribution in [1.82, 2.24) is 4.57 Å². The number of rotatable bonds is 3. The van der Waals surface area contributed by atoms with E-state index in [9.17, 15) is 4.79 Å². The van der Waals surface area contributed by atoms with Crippen LogP contribution in [0.3, 0.4) is 0 Å². The Hall–Kier alpha value is -1.39. The summed E-state index contributed by atoms with van der Waals surface area (Å²) in [6.07, 6.45) is 3.21. The zero-order chi connectivity index (χ0) is 14.3. The number of aromatic nitrogens is 1. The Balaban J connectivity index is 2.18. The number of hydrogen-bond donors (Lipinski definition) is 1. The van der Waals surface area contributed by atoms with Crippen LogP contribution in [0.4, 0.5) is 0 Å². The smallest absolute Gasteiger partial charge is 0.256 e. The molecule has 0 fully saturated rings. The molecule has 3 nitrogen and oxygen atoms in total. The van der Waals surface area contributed by atoms with Gasteiger partial charge in [0.05, 0.1) is 6.04 Å². The number of pyridine rings is 1. The van der Waals surface area contributed by atoms with Gasteiger partial charge in [0.1, 0.15) is 0 Å². The van der Waals surface area contributed by atoms with Crippen molar-refractivity contribution in [2.24, 2.45) is 5.73 Å². The summed E-state index contributed by atoms with van der Waals surface area (Å²) in [6.45, 7) is 4.14. The lowest BCUT2D eigenvalue weighted by molar-refractivity contribution is 0.547. The van der Waals surface area contributed by atoms with Crippen LogP contribution in [0, 0.1) is 0 Å². The van der Waals surface area contributed by atoms with Gasteiger partial charge in [-0.25, -0.2) is 0 Å². The summed E-state index contributed by atoms with van der Waals surface area (Å²) in [5.41, 5.74) is 9.67. The summed E-state index contributed by atoms with van der Waals surface area (Å²) in [4.78, 5) is 13.8. The summed E-state index contributed by atoms with van der Waals surface area (Å²) in [6, 6.07) is 5.91. The third kappa shape index (κ3) is 2.13. The molecule has 0 aromatic carbocycles. The number of fused-ring (bicyclic) bond motifs is 1. The molecule has 106 valence electrons. The summed E-state index contributed by atoms with van der Waals surface area (Å²) in [7, 11) is 0. The molecule has 0 bridgehead atoms. The molecule has 20 heavy (non-hydrogen) atoms. The molecule has 2 aromatic rings. The van der Waals surface area contributed by atoms with E-state index in [0.29, 0.717) is 0 Å². The lowest BCUT2D eigenvalue weighted by atomic mass is 10.0. The lowest BCUT2D eigenvalue weighted by Crippen LogP contribution is -2.32. The van der Waals surface area contributed by atoms with Gasteiger partial charge in [-0.15, -0.1) is 11.3 Å². The minimum atomic E-state index is -0.307. The summed E-state index contributed by atoms with van der Waals surface area (Å²) >= 11 is 1.61. The van der Waals surface area contributed by atoms with Crippen LogP contribution >= 0.6 is 11.3 Å². The maximum Gasteiger partial charge on any atom is 0.256 e. The fourth-order valence-electron chi connectivity index (χ4n) is 3.08. The highest BCUT2D eigenvalue weighted by molar-refractivity contribution is 7.10. The molecular formula is C16H20N2OS. The Morgan fingerprint density at radius 3 is 2.80 bits per heavy atom. The van der Waals surface area contributed by atoms with Crippen LogP contribution in [-0.2, 0) is 12.8 Å². The van der Waals surface area contributed by atoms with Gasteiger partial charge in [-0.1, -0.05) is 6.07 Å². The first-order valence-electron chi connectivity index (χ1n) is 7.15. The van der Waals surface area contributed by atoms with Crippen molar-refractivity contribution in [1.29, 1.82) is 0 Å². The minimum absolute atomic E-state index is 0.0848. The second-order valence-corrected chi connectivity index (χ2v) is 6.67. The zero-order valence-electron chi connectivity index (χ0n) is 11.9. The van der Waals surface area contributed by atoms with E-state index >= 15 is 0 Å². The van der Waals surface area contributed by atoms with Crippen LogP contribution < -0.4 is 11.3 Å². The number of thiophene rings is 1. The van der Waals surface area contributed by atoms with Gasteiger partial charge >= 0.3 is 0 Å². The summed E-state index contributed by atoms with van der Waals surface area (Å²) in [5.74, 6) is 0. The first kappa shape index (κ1) is 13.6. The average Bonchev–Trinajstić information content (AvgIpc) is 3.07.